The predicted octanol–water partition coefficient (Wildman–Crippen LogP) is 3.25. The van der Waals surface area contributed by atoms with Crippen molar-refractivity contribution in [1.82, 2.24) is 19.8 Å². The Bertz CT molecular complexity index is 1150. The molecule has 0 atom stereocenters. The summed E-state index contributed by atoms with van der Waals surface area (Å²) in [5, 5.41) is 1.96. The second-order valence-electron chi connectivity index (χ2n) is 7.10. The van der Waals surface area contributed by atoms with Gasteiger partial charge < -0.3 is 19.8 Å². The van der Waals surface area contributed by atoms with Crippen LogP contribution in [0.2, 0.25) is 0 Å². The van der Waals surface area contributed by atoms with Gasteiger partial charge in [-0.1, -0.05) is 24.3 Å². The normalized spacial score (nSPS) is 14.7. The van der Waals surface area contributed by atoms with Crippen LogP contribution in [0.25, 0.3) is 21.8 Å². The van der Waals surface area contributed by atoms with Gasteiger partial charge in [0.15, 0.2) is 0 Å². The van der Waals surface area contributed by atoms with Gasteiger partial charge in [-0.3, -0.25) is 9.59 Å². The van der Waals surface area contributed by atoms with E-state index in [9.17, 15) is 9.59 Å². The summed E-state index contributed by atoms with van der Waals surface area (Å²) in [6.45, 7) is 2.13. The van der Waals surface area contributed by atoms with Gasteiger partial charge in [0.25, 0.3) is 11.8 Å². The molecule has 6 heteroatoms. The number of piperazine rings is 1. The van der Waals surface area contributed by atoms with Gasteiger partial charge in [0.05, 0.1) is 0 Å². The van der Waals surface area contributed by atoms with Gasteiger partial charge in [-0.2, -0.15) is 0 Å². The minimum atomic E-state index is -0.0176. The fourth-order valence-electron chi connectivity index (χ4n) is 3.91. The molecule has 2 aromatic heterocycles. The molecule has 0 saturated carbocycles. The molecular weight excluding hydrogens is 352 g/mol. The van der Waals surface area contributed by atoms with Crippen molar-refractivity contribution >= 4 is 33.6 Å². The number of carbonyl (C=O) groups is 2. The first-order valence-electron chi connectivity index (χ1n) is 9.43. The van der Waals surface area contributed by atoms with E-state index in [0.29, 0.717) is 37.4 Å². The van der Waals surface area contributed by atoms with E-state index in [2.05, 4.69) is 9.97 Å². The Balaban J connectivity index is 1.30. The highest BCUT2D eigenvalue weighted by atomic mass is 16.2. The summed E-state index contributed by atoms with van der Waals surface area (Å²) in [5.41, 5.74) is 3.21. The van der Waals surface area contributed by atoms with Gasteiger partial charge in [0.1, 0.15) is 5.69 Å². The maximum atomic E-state index is 13.0. The zero-order valence-electron chi connectivity index (χ0n) is 15.3. The Labute approximate surface area is 161 Å². The fourth-order valence-corrected chi connectivity index (χ4v) is 3.91. The van der Waals surface area contributed by atoms with Gasteiger partial charge in [-0.15, -0.1) is 0 Å². The average Bonchev–Trinajstić information content (AvgIpc) is 3.39. The van der Waals surface area contributed by atoms with Crippen LogP contribution in [-0.4, -0.2) is 57.8 Å². The molecule has 5 rings (SSSR count). The Morgan fingerprint density at radius 2 is 1.50 bits per heavy atom. The van der Waals surface area contributed by atoms with Crippen LogP contribution >= 0.6 is 0 Å². The van der Waals surface area contributed by atoms with Crippen LogP contribution in [0.1, 0.15) is 20.8 Å². The first kappa shape index (κ1) is 16.6. The number of carbonyl (C=O) groups excluding carboxylic acids is 2. The van der Waals surface area contributed by atoms with Gasteiger partial charge in [-0.05, 0) is 30.3 Å². The van der Waals surface area contributed by atoms with Crippen molar-refractivity contribution < 1.29 is 9.59 Å². The molecule has 1 fully saturated rings. The Hall–Kier alpha value is -3.54. The molecule has 0 radical (unpaired) electrons. The lowest BCUT2D eigenvalue weighted by Gasteiger charge is -2.34. The van der Waals surface area contributed by atoms with Crippen molar-refractivity contribution in [3.05, 3.63) is 72.1 Å². The van der Waals surface area contributed by atoms with E-state index < -0.39 is 0 Å². The lowest BCUT2D eigenvalue weighted by atomic mass is 10.1. The summed E-state index contributed by atoms with van der Waals surface area (Å²) in [6, 6.07) is 17.4. The number of amides is 2. The van der Waals surface area contributed by atoms with Crippen molar-refractivity contribution in [3.8, 4) is 0 Å². The third-order valence-corrected chi connectivity index (χ3v) is 5.44. The quantitative estimate of drug-likeness (QED) is 0.567. The Morgan fingerprint density at radius 3 is 2.29 bits per heavy atom. The molecule has 0 bridgehead atoms. The van der Waals surface area contributed by atoms with Crippen molar-refractivity contribution in [1.29, 1.82) is 0 Å². The second-order valence-corrected chi connectivity index (χ2v) is 7.10. The Morgan fingerprint density at radius 1 is 0.786 bits per heavy atom. The lowest BCUT2D eigenvalue weighted by molar-refractivity contribution is 0.0534. The maximum absolute atomic E-state index is 13.0. The maximum Gasteiger partial charge on any atom is 0.270 e. The molecule has 6 nitrogen and oxygen atoms in total. The van der Waals surface area contributed by atoms with Crippen LogP contribution in [0.4, 0.5) is 0 Å². The second kappa shape index (κ2) is 6.56. The molecule has 0 spiro atoms. The summed E-state index contributed by atoms with van der Waals surface area (Å²) < 4.78 is 0. The van der Waals surface area contributed by atoms with Gasteiger partial charge in [0.2, 0.25) is 0 Å². The third-order valence-electron chi connectivity index (χ3n) is 5.44. The zero-order valence-corrected chi connectivity index (χ0v) is 15.3. The molecule has 4 aromatic rings. The molecule has 1 aliphatic heterocycles. The highest BCUT2D eigenvalue weighted by Crippen LogP contribution is 2.21. The van der Waals surface area contributed by atoms with Crippen LogP contribution in [0.5, 0.6) is 0 Å². The van der Waals surface area contributed by atoms with Crippen LogP contribution in [0.3, 0.4) is 0 Å². The highest BCUT2D eigenvalue weighted by molar-refractivity contribution is 6.06. The van der Waals surface area contributed by atoms with E-state index in [0.717, 1.165) is 21.8 Å². The summed E-state index contributed by atoms with van der Waals surface area (Å²) in [6.07, 6.45) is 1.85. The van der Waals surface area contributed by atoms with Gasteiger partial charge in [-0.25, -0.2) is 0 Å². The molecule has 28 heavy (non-hydrogen) atoms. The number of nitrogens with zero attached hydrogens (tertiary/aromatic N) is 2. The topological polar surface area (TPSA) is 72.2 Å². The van der Waals surface area contributed by atoms with E-state index in [1.165, 1.54) is 0 Å². The standard InChI is InChI=1S/C22H20N4O2/c27-21(17-5-3-7-19-16(17)8-9-23-19)25-10-12-26(13-11-25)22(28)20-14-15-4-1-2-6-18(15)24-20/h1-9,14,23-24H,10-13H2. The zero-order chi connectivity index (χ0) is 19.1. The molecule has 2 aromatic carbocycles. The van der Waals surface area contributed by atoms with E-state index >= 15 is 0 Å². The first-order valence-corrected chi connectivity index (χ1v) is 9.43. The summed E-state index contributed by atoms with van der Waals surface area (Å²) in [5.74, 6) is -0.000976. The summed E-state index contributed by atoms with van der Waals surface area (Å²) in [7, 11) is 0. The van der Waals surface area contributed by atoms with E-state index in [4.69, 9.17) is 0 Å². The minimum Gasteiger partial charge on any atom is -0.361 e. The van der Waals surface area contributed by atoms with E-state index in [-0.39, 0.29) is 11.8 Å². The van der Waals surface area contributed by atoms with Gasteiger partial charge in [0, 0.05) is 59.7 Å². The van der Waals surface area contributed by atoms with Crippen LogP contribution < -0.4 is 0 Å². The average molecular weight is 372 g/mol. The molecule has 3 heterocycles. The van der Waals surface area contributed by atoms with Crippen LogP contribution in [-0.2, 0) is 0 Å². The van der Waals surface area contributed by atoms with Crippen molar-refractivity contribution in [2.45, 2.75) is 0 Å². The van der Waals surface area contributed by atoms with Crippen LogP contribution in [0.15, 0.2) is 60.8 Å². The monoisotopic (exact) mass is 372 g/mol. The molecule has 2 amide bonds. The first-order chi connectivity index (χ1) is 13.7. The predicted molar refractivity (Wildman–Crippen MR) is 108 cm³/mol. The molecular formula is C22H20N4O2. The molecule has 2 N–H and O–H groups in total. The molecule has 0 unspecified atom stereocenters. The van der Waals surface area contributed by atoms with Crippen molar-refractivity contribution in [2.24, 2.45) is 0 Å². The van der Waals surface area contributed by atoms with Gasteiger partial charge >= 0.3 is 0 Å². The number of H-pyrrole nitrogens is 2. The minimum absolute atomic E-state index is 0.0166. The molecule has 1 saturated heterocycles. The smallest absolute Gasteiger partial charge is 0.270 e. The summed E-state index contributed by atoms with van der Waals surface area (Å²) in [4.78, 5) is 35.8. The lowest BCUT2D eigenvalue weighted by Crippen LogP contribution is -2.50. The van der Waals surface area contributed by atoms with Crippen molar-refractivity contribution in [2.75, 3.05) is 26.2 Å². The number of fused-ring (bicyclic) bond motifs is 2. The van der Waals surface area contributed by atoms with Crippen molar-refractivity contribution in [3.63, 3.8) is 0 Å². The number of para-hydroxylation sites is 1. The highest BCUT2D eigenvalue weighted by Gasteiger charge is 2.27. The van der Waals surface area contributed by atoms with E-state index in [1.807, 2.05) is 70.6 Å². The molecule has 140 valence electrons. The largest absolute Gasteiger partial charge is 0.361 e. The summed E-state index contributed by atoms with van der Waals surface area (Å²) >= 11 is 0. The number of benzene rings is 2. The number of aromatic amines is 2. The SMILES string of the molecule is O=C(c1cc2ccccc2[nH]1)N1CCN(C(=O)c2cccc3[nH]ccc23)CC1. The molecule has 0 aliphatic carbocycles. The van der Waals surface area contributed by atoms with E-state index in [1.54, 1.807) is 0 Å². The number of hydrogen-bond acceptors (Lipinski definition) is 2. The number of nitrogens with one attached hydrogen (secondary N) is 2. The Kier molecular flexibility index (Phi) is 3.90. The number of hydrogen-bond donors (Lipinski definition) is 2. The molecule has 1 aliphatic rings. The number of rotatable bonds is 2. The third kappa shape index (κ3) is 2.74. The fraction of sp³-hybridized carbons (Fsp3) is 0.182. The number of aromatic nitrogens is 2. The van der Waals surface area contributed by atoms with Crippen LogP contribution in [0, 0.1) is 0 Å².